The van der Waals surface area contributed by atoms with Crippen molar-refractivity contribution in [2.24, 2.45) is 0 Å². The zero-order valence-corrected chi connectivity index (χ0v) is 85.2. The van der Waals surface area contributed by atoms with E-state index < -0.39 is 274 Å². The number of aryl methyl sites for hydroxylation is 6. The molecular formula is C76H114N15O43P5S3. The first-order valence-corrected chi connectivity index (χ1v) is 54.3. The lowest BCUT2D eigenvalue weighted by molar-refractivity contribution is -0.0853. The van der Waals surface area contributed by atoms with Gasteiger partial charge in [0, 0.05) is 113 Å². The van der Waals surface area contributed by atoms with E-state index in [-0.39, 0.29) is 111 Å². The first-order valence-electron chi connectivity index (χ1n) is 43.6. The van der Waals surface area contributed by atoms with Crippen molar-refractivity contribution in [3.05, 3.63) is 165 Å². The number of ether oxygens (including phenoxy) is 16. The lowest BCUT2D eigenvalue weighted by atomic mass is 10.1. The Bertz CT molecular complexity index is 6220. The van der Waals surface area contributed by atoms with Gasteiger partial charge in [-0.1, -0.05) is 6.92 Å². The Labute approximate surface area is 820 Å². The molecule has 0 amide bonds. The van der Waals surface area contributed by atoms with Gasteiger partial charge in [0.2, 0.25) is 0 Å². The second kappa shape index (κ2) is 49.6. The summed E-state index contributed by atoms with van der Waals surface area (Å²) >= 11 is 16.9. The fourth-order valence-corrected chi connectivity index (χ4v) is 22.1. The quantitative estimate of drug-likeness (QED) is 0.0140. The van der Waals surface area contributed by atoms with Crippen LogP contribution in [0, 0.1) is 41.5 Å². The molecule has 6 aliphatic heterocycles. The molecule has 0 aromatic carbocycles. The van der Waals surface area contributed by atoms with E-state index in [4.69, 9.17) is 174 Å². The van der Waals surface area contributed by atoms with E-state index in [1.54, 1.807) is 13.8 Å². The number of phosphoric acid groups is 2. The first-order chi connectivity index (χ1) is 67.1. The molecule has 0 saturated carbocycles. The van der Waals surface area contributed by atoms with E-state index in [2.05, 4.69) is 29.9 Å². The van der Waals surface area contributed by atoms with Crippen LogP contribution in [0.3, 0.4) is 0 Å². The topological polar surface area (TPSA) is 743 Å². The van der Waals surface area contributed by atoms with E-state index in [0.29, 0.717) is 5.56 Å². The number of hydrogen-bond donors (Lipinski definition) is 12. The van der Waals surface area contributed by atoms with Crippen molar-refractivity contribution in [1.29, 1.82) is 0 Å². The number of hydrogen-bond acceptors (Lipinski definition) is 47. The van der Waals surface area contributed by atoms with Gasteiger partial charge in [-0.05, 0) is 83.4 Å². The Kier molecular flexibility index (Phi) is 39.8. The smallest absolute Gasteiger partial charge is 0.387 e. The molecule has 12 heterocycles. The van der Waals surface area contributed by atoms with Crippen LogP contribution >= 0.6 is 35.8 Å². The molecule has 0 aliphatic carbocycles. The Balaban J connectivity index is 0.844. The first kappa shape index (κ1) is 114. The zero-order valence-electron chi connectivity index (χ0n) is 78.3. The van der Waals surface area contributed by atoms with Gasteiger partial charge in [0.05, 0.1) is 111 Å². The van der Waals surface area contributed by atoms with Crippen molar-refractivity contribution in [2.45, 2.75) is 202 Å². The number of aromatic amines is 3. The zero-order chi connectivity index (χ0) is 104. The summed E-state index contributed by atoms with van der Waals surface area (Å²) in [7, 11) is -5.22. The van der Waals surface area contributed by atoms with Gasteiger partial charge >= 0.3 is 69.9 Å². The maximum atomic E-state index is 15.4. The van der Waals surface area contributed by atoms with Crippen molar-refractivity contribution in [2.75, 3.05) is 152 Å². The fraction of sp³-hybridized carbons (Fsp3) is 0.684. The van der Waals surface area contributed by atoms with Crippen LogP contribution in [-0.4, -0.2) is 325 Å². The highest BCUT2D eigenvalue weighted by Crippen LogP contribution is 2.58. The predicted molar refractivity (Wildman–Crippen MR) is 497 cm³/mol. The number of methoxy groups -OCH3 is 5. The third-order valence-corrected chi connectivity index (χ3v) is 29.6. The molecule has 794 valence electrons. The van der Waals surface area contributed by atoms with Gasteiger partial charge in [0.25, 0.3) is 16.7 Å². The molecule has 0 radical (unpaired) electrons. The van der Waals surface area contributed by atoms with Crippen LogP contribution in [0.4, 0.5) is 17.5 Å². The van der Waals surface area contributed by atoms with Gasteiger partial charge < -0.3 is 141 Å². The van der Waals surface area contributed by atoms with Crippen LogP contribution in [0.25, 0.3) is 0 Å². The monoisotopic (exact) mass is 2180 g/mol. The molecule has 6 aromatic heterocycles. The van der Waals surface area contributed by atoms with Crippen LogP contribution in [0.15, 0.2) is 80.3 Å². The third kappa shape index (κ3) is 28.2. The van der Waals surface area contributed by atoms with E-state index in [1.807, 2.05) is 0 Å². The minimum Gasteiger partial charge on any atom is -0.387 e. The molecule has 15 N–H and O–H groups in total. The van der Waals surface area contributed by atoms with E-state index in [1.165, 1.54) is 88.8 Å². The van der Waals surface area contributed by atoms with Crippen molar-refractivity contribution in [3.63, 3.8) is 0 Å². The molecule has 0 bridgehead atoms. The molecule has 6 aromatic rings. The summed E-state index contributed by atoms with van der Waals surface area (Å²) in [5, 5.41) is 11.8. The largest absolute Gasteiger partial charge is 0.472 e. The number of nitrogens with one attached hydrogen (secondary N) is 3. The highest BCUT2D eigenvalue weighted by atomic mass is 32.5. The van der Waals surface area contributed by atoms with Crippen LogP contribution in [0.5, 0.6) is 0 Å². The number of rotatable bonds is 52. The lowest BCUT2D eigenvalue weighted by Gasteiger charge is -2.30. The number of nitrogen functional groups attached to an aromatic ring is 3. The van der Waals surface area contributed by atoms with Gasteiger partial charge in [-0.3, -0.25) is 83.9 Å². The van der Waals surface area contributed by atoms with E-state index >= 15 is 9.13 Å². The third-order valence-electron chi connectivity index (χ3n) is 23.0. The maximum Gasteiger partial charge on any atom is 0.472 e. The van der Waals surface area contributed by atoms with Gasteiger partial charge in [0.15, 0.2) is 31.1 Å². The van der Waals surface area contributed by atoms with E-state index in [9.17, 15) is 72.7 Å². The molecule has 6 fully saturated rings. The number of nitrogens with two attached hydrogens (primary N) is 3. The predicted octanol–water partition coefficient (Wildman–Crippen LogP) is -2.43. The summed E-state index contributed by atoms with van der Waals surface area (Å²) in [6.07, 6.45) is -31.0. The van der Waals surface area contributed by atoms with Crippen LogP contribution in [-0.2, 0) is 166 Å². The molecule has 12 rings (SSSR count). The number of aromatic nitrogens is 12. The van der Waals surface area contributed by atoms with E-state index in [0.717, 1.165) is 46.0 Å². The molecule has 6 aliphatic rings. The molecule has 10 unspecified atom stereocenters. The maximum absolute atomic E-state index is 15.4. The van der Waals surface area contributed by atoms with Crippen LogP contribution in [0.1, 0.15) is 90.5 Å². The molecule has 142 heavy (non-hydrogen) atoms. The summed E-state index contributed by atoms with van der Waals surface area (Å²) in [6.45, 7) is -11.8. The summed E-state index contributed by atoms with van der Waals surface area (Å²) in [5.41, 5.74) is 10.5. The number of anilines is 3. The molecular weight excluding hydrogens is 2060 g/mol. The van der Waals surface area contributed by atoms with Crippen molar-refractivity contribution >= 4 is 88.7 Å². The van der Waals surface area contributed by atoms with Gasteiger partial charge in [-0.25, -0.2) is 37.9 Å². The number of H-pyrrole nitrogens is 3. The van der Waals surface area contributed by atoms with Gasteiger partial charge in [-0.15, -0.1) is 0 Å². The Morgan fingerprint density at radius 2 is 0.627 bits per heavy atom. The molecule has 0 spiro atoms. The summed E-state index contributed by atoms with van der Waals surface area (Å²) < 4.78 is 191. The van der Waals surface area contributed by atoms with Gasteiger partial charge in [0.1, 0.15) is 115 Å². The minimum atomic E-state index is -5.96. The summed E-state index contributed by atoms with van der Waals surface area (Å²) in [6, 6.07) is 0. The van der Waals surface area contributed by atoms with Crippen molar-refractivity contribution in [3.8, 4) is 0 Å². The number of nitrogens with zero attached hydrogens (tertiary/aromatic N) is 9. The fourth-order valence-electron chi connectivity index (χ4n) is 15.8. The second-order valence-electron chi connectivity index (χ2n) is 32.9. The minimum absolute atomic E-state index is 0.0262. The van der Waals surface area contributed by atoms with Crippen molar-refractivity contribution in [1.82, 2.24) is 57.3 Å². The highest BCUT2D eigenvalue weighted by Gasteiger charge is 2.58. The highest BCUT2D eigenvalue weighted by molar-refractivity contribution is 8.07. The average Bonchev–Trinajstić information content (AvgIpc) is 1.62. The Morgan fingerprint density at radius 1 is 0.359 bits per heavy atom. The molecule has 28 atom stereocenters. The normalized spacial score (nSPS) is 29.4. The molecule has 6 saturated heterocycles. The summed E-state index contributed by atoms with van der Waals surface area (Å²) in [4.78, 5) is 200. The Morgan fingerprint density at radius 3 is 0.958 bits per heavy atom. The van der Waals surface area contributed by atoms with Crippen molar-refractivity contribution < 1.29 is 160 Å². The lowest BCUT2D eigenvalue weighted by Crippen LogP contribution is -2.42. The number of aliphatic hydroxyl groups is 1. The van der Waals surface area contributed by atoms with Crippen LogP contribution < -0.4 is 68.0 Å². The van der Waals surface area contributed by atoms with Crippen LogP contribution in [0.2, 0.25) is 0 Å². The molecule has 58 nitrogen and oxygen atoms in total. The second-order valence-corrected chi connectivity index (χ2v) is 44.1. The Hall–Kier alpha value is -6.79. The summed E-state index contributed by atoms with van der Waals surface area (Å²) in [5.74, 6) is -0.592. The molecule has 66 heteroatoms. The average molecular weight is 2180 g/mol. The number of aliphatic hydroxyl groups excluding tert-OH is 1. The standard InChI is InChI=1S/C76H114N15O43P5S3/c1-13-42-43(24-49(124-42)86-28-39(5)63(93)83-74(86)99)130-137(106,140)122-34-47-52(57(116-21-16-111-10)68(128-47)90-29-40(6)64(94)84-75(90)100)132-135(102,103)119-32-45-51(56(115-20-15-110-9)67(126-45)88-26-37(3)61(78)81-72(88)97)131-136(104,105)120-33-46-53(58(117-22-17-112-11)69(127-46)89-27-38(4)62(79)82-73(89)98)133-139(108,142)123-35-48-54(59(118-23-18-113-12)70(129-48)91-30-41(7)65(95)85-76(91)101)134-138(107,141)121-31-44-50(92)55(114-19-14-109-8)66(125-44)87-25-36(2)60(77)80-71(87)96/h25-30,42-59,66-70,92H,13-24,31-35H2,1-12H3,(H,102,103)(H,104,105)(H,106,140)(H,107,141)(H,108,142)(H2,77,80,96)(H2,78,81,97)(H2,79,82,98)(H,83,93,99)(H,84,94,100)(H,85,95,101)/t42-,43-,44-,45-,46-,47-,48-,49-,50+,51+,52+,53+,54+,55?,56?,57?,58?,59?,66-,67-,68-,69-,70-,137?,138?,139?/m1/s1. The van der Waals surface area contributed by atoms with Gasteiger partial charge in [-0.2, -0.15) is 15.0 Å². The number of phosphoric ester groups is 2. The SMILES string of the molecule is CC[C@H]1O[C@@H](n2cc(C)c(=O)[nH]c2=O)C[C@H]1OP(O)(=S)OC[C@H]1O[C@@H](n2cc(C)c(=O)[nH]c2=O)C(OCCOC)[C@H]1OP(=O)(O)OC[C@H]1O[C@@H](n2cc(C)c(N)nc2=O)C(OCCOC)[C@H]1OP(=O)(O)OC[C@H]1O[C@@H](n2cc(C)c(N)nc2=O)C(OCCOC)[C@H]1OP(O)(=S)OC[C@H]1O[C@@H](n2cc(C)c(=O)[nH]c2=O)C(OCCOC)[C@H]1OP(O)(=S)OC[C@H]1O[C@@H](n2cc(C)c(N)nc2=O)C(OCCOC)[C@H]1O.